The SMILES string of the molecule is CN(CCO)c1ccc(S(N)(=O)=O)c(-c2ccc(Oc3ccc(Cl)c(C(F)(F)F)c3)c(C#N)c2)c1. The van der Waals surface area contributed by atoms with Crippen LogP contribution in [0.5, 0.6) is 11.5 Å². The number of nitrogens with two attached hydrogens (primary N) is 1. The van der Waals surface area contributed by atoms with Crippen LogP contribution >= 0.6 is 11.6 Å². The van der Waals surface area contributed by atoms with Gasteiger partial charge in [-0.05, 0) is 54.1 Å². The number of sulfonamides is 1. The van der Waals surface area contributed by atoms with Gasteiger partial charge in [-0.1, -0.05) is 17.7 Å². The molecule has 0 fully saturated rings. The largest absolute Gasteiger partial charge is 0.456 e. The first-order chi connectivity index (χ1) is 16.3. The van der Waals surface area contributed by atoms with E-state index in [2.05, 4.69) is 0 Å². The lowest BCUT2D eigenvalue weighted by Gasteiger charge is -2.20. The monoisotopic (exact) mass is 525 g/mol. The molecular formula is C23H19ClF3N3O4S. The highest BCUT2D eigenvalue weighted by Crippen LogP contribution is 2.39. The number of alkyl halides is 3. The summed E-state index contributed by atoms with van der Waals surface area (Å²) < 4.78 is 69.3. The highest BCUT2D eigenvalue weighted by molar-refractivity contribution is 7.89. The molecule has 0 heterocycles. The van der Waals surface area contributed by atoms with Crippen molar-refractivity contribution in [3.05, 3.63) is 70.7 Å². The molecule has 0 amide bonds. The van der Waals surface area contributed by atoms with Crippen molar-refractivity contribution in [2.75, 3.05) is 25.1 Å². The lowest BCUT2D eigenvalue weighted by atomic mass is 10.0. The highest BCUT2D eigenvalue weighted by Gasteiger charge is 2.33. The van der Waals surface area contributed by atoms with Crippen molar-refractivity contribution in [1.82, 2.24) is 0 Å². The molecule has 184 valence electrons. The molecule has 0 bridgehead atoms. The summed E-state index contributed by atoms with van der Waals surface area (Å²) in [7, 11) is -2.44. The smallest absolute Gasteiger partial charge is 0.417 e. The fraction of sp³-hybridized carbons (Fsp3) is 0.174. The van der Waals surface area contributed by atoms with Gasteiger partial charge in [0.2, 0.25) is 10.0 Å². The summed E-state index contributed by atoms with van der Waals surface area (Å²) in [6.45, 7) is 0.152. The Bertz CT molecular complexity index is 1410. The van der Waals surface area contributed by atoms with Gasteiger partial charge in [0.1, 0.15) is 17.6 Å². The summed E-state index contributed by atoms with van der Waals surface area (Å²) >= 11 is 5.63. The number of ether oxygens (including phenoxy) is 1. The van der Waals surface area contributed by atoms with Gasteiger partial charge in [-0.25, -0.2) is 13.6 Å². The molecule has 0 radical (unpaired) electrons. The Morgan fingerprint density at radius 3 is 2.46 bits per heavy atom. The van der Waals surface area contributed by atoms with E-state index in [1.165, 1.54) is 36.4 Å². The van der Waals surface area contributed by atoms with Crippen molar-refractivity contribution in [2.24, 2.45) is 5.14 Å². The van der Waals surface area contributed by atoms with Crippen LogP contribution in [-0.4, -0.2) is 33.7 Å². The molecule has 3 rings (SSSR count). The molecule has 0 aliphatic carbocycles. The predicted molar refractivity (Wildman–Crippen MR) is 125 cm³/mol. The van der Waals surface area contributed by atoms with E-state index in [9.17, 15) is 32.0 Å². The van der Waals surface area contributed by atoms with Crippen LogP contribution in [0.3, 0.4) is 0 Å². The quantitative estimate of drug-likeness (QED) is 0.459. The number of halogens is 4. The molecule has 7 nitrogen and oxygen atoms in total. The second-order valence-corrected chi connectivity index (χ2v) is 9.37. The fourth-order valence-electron chi connectivity index (χ4n) is 3.29. The number of aliphatic hydroxyl groups is 1. The average Bonchev–Trinajstić information content (AvgIpc) is 2.79. The average molecular weight is 526 g/mol. The van der Waals surface area contributed by atoms with Gasteiger partial charge in [0, 0.05) is 24.8 Å². The third-order valence-electron chi connectivity index (χ3n) is 5.03. The number of rotatable bonds is 7. The van der Waals surface area contributed by atoms with Crippen LogP contribution in [0.4, 0.5) is 18.9 Å². The van der Waals surface area contributed by atoms with Gasteiger partial charge in [0.15, 0.2) is 0 Å². The Morgan fingerprint density at radius 1 is 1.14 bits per heavy atom. The molecular weight excluding hydrogens is 507 g/mol. The topological polar surface area (TPSA) is 117 Å². The number of nitriles is 1. The van der Waals surface area contributed by atoms with E-state index in [1.54, 1.807) is 18.0 Å². The number of hydrogen-bond acceptors (Lipinski definition) is 6. The van der Waals surface area contributed by atoms with E-state index < -0.39 is 26.8 Å². The summed E-state index contributed by atoms with van der Waals surface area (Å²) in [6.07, 6.45) is -4.70. The summed E-state index contributed by atoms with van der Waals surface area (Å²) in [4.78, 5) is 1.50. The van der Waals surface area contributed by atoms with Crippen molar-refractivity contribution >= 4 is 27.3 Å². The van der Waals surface area contributed by atoms with Crippen LogP contribution in [0.25, 0.3) is 11.1 Å². The minimum absolute atomic E-state index is 0.0441. The standard InChI is InChI=1S/C23H19ClF3N3O4S/c1-30(8-9-31)16-3-7-22(35(29,32)33)18(11-16)14-2-6-21(15(10-14)13-28)34-17-4-5-20(24)19(12-17)23(25,26)27/h2-7,10-12,31H,8-9H2,1H3,(H2,29,32,33). The predicted octanol–water partition coefficient (Wildman–Crippen LogP) is 4.77. The molecule has 35 heavy (non-hydrogen) atoms. The lowest BCUT2D eigenvalue weighted by molar-refractivity contribution is -0.137. The molecule has 0 aromatic heterocycles. The van der Waals surface area contributed by atoms with E-state index in [-0.39, 0.29) is 40.7 Å². The normalized spacial score (nSPS) is 11.7. The summed E-state index contributed by atoms with van der Waals surface area (Å²) in [5.41, 5.74) is -0.0528. The first-order valence-electron chi connectivity index (χ1n) is 9.93. The van der Waals surface area contributed by atoms with Gasteiger partial charge in [-0.3, -0.25) is 0 Å². The van der Waals surface area contributed by atoms with Crippen molar-refractivity contribution in [3.63, 3.8) is 0 Å². The number of benzene rings is 3. The zero-order valence-electron chi connectivity index (χ0n) is 18.2. The fourth-order valence-corrected chi connectivity index (χ4v) is 4.26. The molecule has 0 atom stereocenters. The van der Waals surface area contributed by atoms with Gasteiger partial charge in [0.25, 0.3) is 0 Å². The molecule has 12 heteroatoms. The maximum Gasteiger partial charge on any atom is 0.417 e. The van der Waals surface area contributed by atoms with Crippen LogP contribution in [-0.2, 0) is 16.2 Å². The van der Waals surface area contributed by atoms with E-state index in [0.29, 0.717) is 11.3 Å². The van der Waals surface area contributed by atoms with E-state index in [1.807, 2.05) is 6.07 Å². The molecule has 3 aromatic rings. The number of aliphatic hydroxyl groups excluding tert-OH is 1. The van der Waals surface area contributed by atoms with Crippen LogP contribution in [0.2, 0.25) is 5.02 Å². The van der Waals surface area contributed by atoms with Crippen LogP contribution in [0.15, 0.2) is 59.5 Å². The Labute approximate surface area is 204 Å². The Kier molecular flexibility index (Phi) is 7.62. The van der Waals surface area contributed by atoms with E-state index in [0.717, 1.165) is 12.1 Å². The van der Waals surface area contributed by atoms with Crippen molar-refractivity contribution in [3.8, 4) is 28.7 Å². The molecule has 0 saturated carbocycles. The van der Waals surface area contributed by atoms with Gasteiger partial charge >= 0.3 is 6.18 Å². The lowest BCUT2D eigenvalue weighted by Crippen LogP contribution is -2.21. The minimum atomic E-state index is -4.70. The number of hydrogen-bond donors (Lipinski definition) is 2. The molecule has 0 unspecified atom stereocenters. The van der Waals surface area contributed by atoms with Gasteiger partial charge in [-0.2, -0.15) is 18.4 Å². The molecule has 3 aromatic carbocycles. The molecule has 0 aliphatic rings. The number of primary sulfonamides is 1. The summed E-state index contributed by atoms with van der Waals surface area (Å²) in [5.74, 6) is -0.235. The van der Waals surface area contributed by atoms with Gasteiger partial charge in [0.05, 0.1) is 27.7 Å². The maximum atomic E-state index is 13.2. The van der Waals surface area contributed by atoms with Crippen molar-refractivity contribution in [2.45, 2.75) is 11.1 Å². The maximum absolute atomic E-state index is 13.2. The second kappa shape index (κ2) is 10.1. The first-order valence-corrected chi connectivity index (χ1v) is 11.9. The first kappa shape index (κ1) is 26.3. The van der Waals surface area contributed by atoms with E-state index in [4.69, 9.17) is 21.5 Å². The van der Waals surface area contributed by atoms with Crippen molar-refractivity contribution < 1.29 is 31.4 Å². The Morgan fingerprint density at radius 2 is 1.86 bits per heavy atom. The zero-order valence-corrected chi connectivity index (χ0v) is 19.7. The zero-order chi connectivity index (χ0) is 26.0. The highest BCUT2D eigenvalue weighted by atomic mass is 35.5. The Hall–Kier alpha value is -3.30. The summed E-state index contributed by atoms with van der Waals surface area (Å²) in [6, 6.07) is 13.4. The summed E-state index contributed by atoms with van der Waals surface area (Å²) in [5, 5.41) is 23.7. The van der Waals surface area contributed by atoms with Crippen LogP contribution in [0.1, 0.15) is 11.1 Å². The van der Waals surface area contributed by atoms with Gasteiger partial charge < -0.3 is 14.7 Å². The number of likely N-dealkylation sites (N-methyl/N-ethyl adjacent to an activating group) is 1. The van der Waals surface area contributed by atoms with Crippen molar-refractivity contribution in [1.29, 1.82) is 5.26 Å². The van der Waals surface area contributed by atoms with Gasteiger partial charge in [-0.15, -0.1) is 0 Å². The van der Waals surface area contributed by atoms with Crippen LogP contribution < -0.4 is 14.8 Å². The minimum Gasteiger partial charge on any atom is -0.456 e. The third kappa shape index (κ3) is 6.04. The third-order valence-corrected chi connectivity index (χ3v) is 6.33. The molecule has 0 saturated heterocycles. The number of nitrogens with zero attached hydrogens (tertiary/aromatic N) is 2. The molecule has 3 N–H and O–H groups in total. The van der Waals surface area contributed by atoms with E-state index >= 15 is 0 Å². The van der Waals surface area contributed by atoms with Crippen LogP contribution in [0, 0.1) is 11.3 Å². The molecule has 0 spiro atoms. The molecule has 0 aliphatic heterocycles. The number of anilines is 1. The Balaban J connectivity index is 2.07. The second-order valence-electron chi connectivity index (χ2n) is 7.43.